The van der Waals surface area contributed by atoms with Crippen molar-refractivity contribution in [2.75, 3.05) is 24.7 Å². The predicted octanol–water partition coefficient (Wildman–Crippen LogP) is 1.81. The molecule has 1 heterocycles. The summed E-state index contributed by atoms with van der Waals surface area (Å²) in [5, 5.41) is 12.2. The number of amides is 2. The van der Waals surface area contributed by atoms with Crippen molar-refractivity contribution in [2.24, 2.45) is 11.3 Å². The van der Waals surface area contributed by atoms with Gasteiger partial charge in [-0.2, -0.15) is 0 Å². The molecular formula is C16H20N2O5S. The molecule has 0 unspecified atom stereocenters. The van der Waals surface area contributed by atoms with Crippen molar-refractivity contribution in [3.05, 3.63) is 24.3 Å². The van der Waals surface area contributed by atoms with Gasteiger partial charge in [-0.25, -0.2) is 13.2 Å². The van der Waals surface area contributed by atoms with Gasteiger partial charge in [0.15, 0.2) is 9.84 Å². The highest BCUT2D eigenvalue weighted by molar-refractivity contribution is 7.90. The minimum atomic E-state index is -3.36. The van der Waals surface area contributed by atoms with Crippen LogP contribution in [0.1, 0.15) is 19.3 Å². The van der Waals surface area contributed by atoms with E-state index in [-0.39, 0.29) is 17.4 Å². The SMILES string of the molecule is CS(=O)(=O)c1cccc(NC(=O)N2C[C@@H]3CCC[C@@]3(C(=O)O)C2)c1. The van der Waals surface area contributed by atoms with Gasteiger partial charge in [0.25, 0.3) is 0 Å². The maximum absolute atomic E-state index is 12.4. The Hall–Kier alpha value is -2.09. The lowest BCUT2D eigenvalue weighted by Gasteiger charge is -2.23. The van der Waals surface area contributed by atoms with Crippen LogP contribution in [0.25, 0.3) is 0 Å². The number of anilines is 1. The molecule has 1 aliphatic carbocycles. The van der Waals surface area contributed by atoms with E-state index in [0.29, 0.717) is 18.7 Å². The zero-order chi connectivity index (χ0) is 17.5. The monoisotopic (exact) mass is 352 g/mol. The summed E-state index contributed by atoms with van der Waals surface area (Å²) in [4.78, 5) is 25.7. The van der Waals surface area contributed by atoms with Crippen LogP contribution >= 0.6 is 0 Å². The Bertz CT molecular complexity index is 791. The number of carboxylic acids is 1. The summed E-state index contributed by atoms with van der Waals surface area (Å²) in [6, 6.07) is 5.64. The Labute approximate surface area is 140 Å². The number of benzene rings is 1. The number of sulfone groups is 1. The van der Waals surface area contributed by atoms with Gasteiger partial charge in [0, 0.05) is 25.0 Å². The van der Waals surface area contributed by atoms with Gasteiger partial charge in [-0.05, 0) is 37.0 Å². The lowest BCUT2D eigenvalue weighted by atomic mass is 9.81. The van der Waals surface area contributed by atoms with E-state index in [4.69, 9.17) is 0 Å². The van der Waals surface area contributed by atoms with Crippen LogP contribution in [0.3, 0.4) is 0 Å². The molecule has 1 aromatic carbocycles. The van der Waals surface area contributed by atoms with E-state index in [0.717, 1.165) is 19.1 Å². The first-order valence-electron chi connectivity index (χ1n) is 7.82. The summed E-state index contributed by atoms with van der Waals surface area (Å²) in [7, 11) is -3.36. The molecule has 2 N–H and O–H groups in total. The number of hydrogen-bond donors (Lipinski definition) is 2. The van der Waals surface area contributed by atoms with Gasteiger partial charge >= 0.3 is 12.0 Å². The first kappa shape index (κ1) is 16.8. The van der Waals surface area contributed by atoms with Gasteiger partial charge in [0.2, 0.25) is 0 Å². The maximum atomic E-state index is 12.4. The fourth-order valence-electron chi connectivity index (χ4n) is 3.80. The van der Waals surface area contributed by atoms with E-state index < -0.39 is 27.3 Å². The van der Waals surface area contributed by atoms with E-state index in [1.54, 1.807) is 12.1 Å². The van der Waals surface area contributed by atoms with E-state index in [2.05, 4.69) is 5.32 Å². The standard InChI is InChI=1S/C16H20N2O5S/c1-24(22,23)13-6-2-5-12(8-13)17-15(21)18-9-11-4-3-7-16(11,10-18)14(19)20/h2,5-6,8,11H,3-4,7,9-10H2,1H3,(H,17,21)(H,19,20)/t11-,16+/m0/s1. The molecule has 3 rings (SSSR count). The number of carbonyl (C=O) groups is 2. The third kappa shape index (κ3) is 2.86. The maximum Gasteiger partial charge on any atom is 0.321 e. The van der Waals surface area contributed by atoms with Crippen LogP contribution in [0.4, 0.5) is 10.5 Å². The average molecular weight is 352 g/mol. The molecule has 0 aromatic heterocycles. The molecule has 24 heavy (non-hydrogen) atoms. The van der Waals surface area contributed by atoms with Gasteiger partial charge in [0.05, 0.1) is 10.3 Å². The highest BCUT2D eigenvalue weighted by atomic mass is 32.2. The molecule has 1 aromatic rings. The van der Waals surface area contributed by atoms with Gasteiger partial charge in [-0.3, -0.25) is 4.79 Å². The molecule has 1 saturated carbocycles. The van der Waals surface area contributed by atoms with E-state index in [1.807, 2.05) is 0 Å². The molecule has 2 fully saturated rings. The number of fused-ring (bicyclic) bond motifs is 1. The molecule has 0 radical (unpaired) electrons. The Morgan fingerprint density at radius 1 is 1.38 bits per heavy atom. The summed E-state index contributed by atoms with van der Waals surface area (Å²) in [5.74, 6) is -0.845. The van der Waals surface area contributed by atoms with Crippen LogP contribution in [0.15, 0.2) is 29.2 Å². The minimum absolute atomic E-state index is 0.0110. The normalized spacial score (nSPS) is 26.2. The van der Waals surface area contributed by atoms with Crippen LogP contribution in [0.5, 0.6) is 0 Å². The van der Waals surface area contributed by atoms with Crippen LogP contribution in [0, 0.1) is 11.3 Å². The predicted molar refractivity (Wildman–Crippen MR) is 87.6 cm³/mol. The zero-order valence-electron chi connectivity index (χ0n) is 13.4. The van der Waals surface area contributed by atoms with Gasteiger partial charge < -0.3 is 15.3 Å². The lowest BCUT2D eigenvalue weighted by molar-refractivity contribution is -0.149. The van der Waals surface area contributed by atoms with E-state index in [1.165, 1.54) is 17.0 Å². The largest absolute Gasteiger partial charge is 0.481 e. The third-order valence-electron chi connectivity index (χ3n) is 5.10. The van der Waals surface area contributed by atoms with Crippen LogP contribution in [-0.2, 0) is 14.6 Å². The topological polar surface area (TPSA) is 104 Å². The van der Waals surface area contributed by atoms with Crippen molar-refractivity contribution in [3.63, 3.8) is 0 Å². The van der Waals surface area contributed by atoms with Crippen molar-refractivity contribution in [2.45, 2.75) is 24.2 Å². The number of carboxylic acid groups (broad SMARTS) is 1. The Kier molecular flexibility index (Phi) is 4.03. The smallest absolute Gasteiger partial charge is 0.321 e. The molecule has 2 aliphatic rings. The molecule has 0 spiro atoms. The molecule has 1 saturated heterocycles. The van der Waals surface area contributed by atoms with E-state index >= 15 is 0 Å². The fourth-order valence-corrected chi connectivity index (χ4v) is 4.47. The van der Waals surface area contributed by atoms with Gasteiger partial charge in [0.1, 0.15) is 0 Å². The van der Waals surface area contributed by atoms with E-state index in [9.17, 15) is 23.1 Å². The van der Waals surface area contributed by atoms with Crippen LogP contribution in [-0.4, -0.2) is 49.8 Å². The number of hydrogen-bond acceptors (Lipinski definition) is 4. The average Bonchev–Trinajstić information content (AvgIpc) is 3.04. The highest BCUT2D eigenvalue weighted by Gasteiger charge is 2.55. The number of likely N-dealkylation sites (tertiary alicyclic amines) is 1. The first-order valence-corrected chi connectivity index (χ1v) is 9.71. The molecule has 2 atom stereocenters. The fraction of sp³-hybridized carbons (Fsp3) is 0.500. The second-order valence-corrected chi connectivity index (χ2v) is 8.68. The molecule has 0 bridgehead atoms. The van der Waals surface area contributed by atoms with Gasteiger partial charge in [-0.1, -0.05) is 12.5 Å². The Morgan fingerprint density at radius 2 is 2.12 bits per heavy atom. The van der Waals surface area contributed by atoms with Crippen molar-refractivity contribution >= 4 is 27.5 Å². The summed E-state index contributed by atoms with van der Waals surface area (Å²) in [6.45, 7) is 0.620. The molecule has 2 amide bonds. The van der Waals surface area contributed by atoms with Crippen molar-refractivity contribution < 1.29 is 23.1 Å². The summed E-state index contributed by atoms with van der Waals surface area (Å²) < 4.78 is 23.2. The quantitative estimate of drug-likeness (QED) is 0.863. The summed E-state index contributed by atoms with van der Waals surface area (Å²) in [6.07, 6.45) is 3.40. The molecule has 8 heteroatoms. The Balaban J connectivity index is 1.74. The van der Waals surface area contributed by atoms with Crippen molar-refractivity contribution in [1.29, 1.82) is 0 Å². The number of carbonyl (C=O) groups excluding carboxylic acids is 1. The second-order valence-electron chi connectivity index (χ2n) is 6.66. The zero-order valence-corrected chi connectivity index (χ0v) is 14.2. The number of nitrogens with one attached hydrogen (secondary N) is 1. The summed E-state index contributed by atoms with van der Waals surface area (Å²) in [5.41, 5.74) is -0.448. The van der Waals surface area contributed by atoms with Crippen molar-refractivity contribution in [3.8, 4) is 0 Å². The lowest BCUT2D eigenvalue weighted by Crippen LogP contribution is -2.38. The molecule has 1 aliphatic heterocycles. The minimum Gasteiger partial charge on any atom is -0.481 e. The highest BCUT2D eigenvalue weighted by Crippen LogP contribution is 2.48. The molecule has 130 valence electrons. The number of nitrogens with zero attached hydrogens (tertiary/aromatic N) is 1. The van der Waals surface area contributed by atoms with Crippen LogP contribution < -0.4 is 5.32 Å². The van der Waals surface area contributed by atoms with Crippen molar-refractivity contribution in [1.82, 2.24) is 4.90 Å². The van der Waals surface area contributed by atoms with Crippen LogP contribution in [0.2, 0.25) is 0 Å². The molecule has 7 nitrogen and oxygen atoms in total. The second kappa shape index (κ2) is 5.77. The first-order chi connectivity index (χ1) is 11.2. The molecular weight excluding hydrogens is 332 g/mol. The number of rotatable bonds is 3. The number of urea groups is 1. The Morgan fingerprint density at radius 3 is 2.75 bits per heavy atom. The summed E-state index contributed by atoms with van der Waals surface area (Å²) >= 11 is 0. The van der Waals surface area contributed by atoms with Gasteiger partial charge in [-0.15, -0.1) is 0 Å². The third-order valence-corrected chi connectivity index (χ3v) is 6.21. The number of aliphatic carboxylic acids is 1.